The lowest BCUT2D eigenvalue weighted by atomic mass is 9.92. The first kappa shape index (κ1) is 14.9. The molecule has 5 nitrogen and oxygen atoms in total. The molecule has 2 aliphatic rings. The highest BCUT2D eigenvalue weighted by Gasteiger charge is 2.50. The van der Waals surface area contributed by atoms with Gasteiger partial charge in [-0.2, -0.15) is 0 Å². The molecule has 2 aliphatic heterocycles. The number of nitrogens with zero attached hydrogens (tertiary/aromatic N) is 1. The number of rotatable bonds is 4. The van der Waals surface area contributed by atoms with Crippen LogP contribution in [0.2, 0.25) is 0 Å². The van der Waals surface area contributed by atoms with E-state index in [1.807, 2.05) is 23.1 Å². The van der Waals surface area contributed by atoms with E-state index >= 15 is 0 Å². The van der Waals surface area contributed by atoms with Crippen LogP contribution in [-0.2, 0) is 11.3 Å². The molecule has 0 aliphatic carbocycles. The minimum absolute atomic E-state index is 0.143. The molecule has 1 amide bonds. The topological polar surface area (TPSA) is 50.8 Å². The number of nitrogens with one attached hydrogen (secondary N) is 1. The predicted octanol–water partition coefficient (Wildman–Crippen LogP) is 1.72. The molecule has 0 aromatic heterocycles. The predicted molar refractivity (Wildman–Crippen MR) is 84.1 cm³/mol. The maximum Gasteiger partial charge on any atom is 0.247 e. The Morgan fingerprint density at radius 1 is 1.32 bits per heavy atom. The van der Waals surface area contributed by atoms with Crippen LogP contribution in [0.5, 0.6) is 11.5 Å². The van der Waals surface area contributed by atoms with Crippen molar-refractivity contribution in [2.45, 2.75) is 24.9 Å². The highest BCUT2D eigenvalue weighted by atomic mass is 16.5. The number of hydrogen-bond acceptors (Lipinski definition) is 4. The van der Waals surface area contributed by atoms with Gasteiger partial charge in [0.05, 0.1) is 14.2 Å². The van der Waals surface area contributed by atoms with Crippen LogP contribution in [-0.4, -0.2) is 43.7 Å². The molecule has 22 heavy (non-hydrogen) atoms. The summed E-state index contributed by atoms with van der Waals surface area (Å²) in [7, 11) is 3.23. The average Bonchev–Trinajstić information content (AvgIpc) is 3.11. The number of methoxy groups -OCH3 is 2. The van der Waals surface area contributed by atoms with Gasteiger partial charge in [0.2, 0.25) is 5.91 Å². The second-order valence-corrected chi connectivity index (χ2v) is 5.89. The molecule has 5 heteroatoms. The van der Waals surface area contributed by atoms with Crippen LogP contribution in [0.3, 0.4) is 0 Å². The summed E-state index contributed by atoms with van der Waals surface area (Å²) >= 11 is 0. The quantitative estimate of drug-likeness (QED) is 0.861. The van der Waals surface area contributed by atoms with Gasteiger partial charge in [0.25, 0.3) is 0 Å². The molecule has 1 spiro atoms. The fourth-order valence-electron chi connectivity index (χ4n) is 3.41. The first-order valence-corrected chi connectivity index (χ1v) is 7.54. The monoisotopic (exact) mass is 302 g/mol. The van der Waals surface area contributed by atoms with E-state index in [1.165, 1.54) is 0 Å². The van der Waals surface area contributed by atoms with E-state index in [-0.39, 0.29) is 5.91 Å². The highest BCUT2D eigenvalue weighted by Crippen LogP contribution is 2.36. The van der Waals surface area contributed by atoms with Crippen LogP contribution in [0.15, 0.2) is 30.4 Å². The van der Waals surface area contributed by atoms with E-state index in [0.717, 1.165) is 30.5 Å². The first-order valence-electron chi connectivity index (χ1n) is 7.54. The standard InChI is InChI=1S/C17H22N2O3/c1-12-10-19(16(20)17(12)7-4-8-18-17)11-13-5-6-14(21-2)15(9-13)22-3/h5-6,9,18H,1,4,7-8,10-11H2,2-3H3. The van der Waals surface area contributed by atoms with Gasteiger partial charge < -0.3 is 14.4 Å². The molecule has 2 fully saturated rings. The molecular formula is C17H22N2O3. The van der Waals surface area contributed by atoms with E-state index < -0.39 is 5.54 Å². The van der Waals surface area contributed by atoms with Gasteiger partial charge in [-0.25, -0.2) is 0 Å². The van der Waals surface area contributed by atoms with Gasteiger partial charge in [-0.15, -0.1) is 0 Å². The first-order chi connectivity index (χ1) is 10.6. The Kier molecular flexibility index (Phi) is 3.83. The minimum Gasteiger partial charge on any atom is -0.493 e. The maximum atomic E-state index is 12.8. The summed E-state index contributed by atoms with van der Waals surface area (Å²) in [4.78, 5) is 14.6. The van der Waals surface area contributed by atoms with E-state index in [9.17, 15) is 4.79 Å². The molecule has 2 saturated heterocycles. The van der Waals surface area contributed by atoms with Gasteiger partial charge in [-0.05, 0) is 42.7 Å². The van der Waals surface area contributed by atoms with E-state index in [0.29, 0.717) is 24.6 Å². The Bertz CT molecular complexity index is 606. The third kappa shape index (κ3) is 2.25. The number of ether oxygens (including phenoxy) is 2. The van der Waals surface area contributed by atoms with Gasteiger partial charge in [0, 0.05) is 13.1 Å². The zero-order valence-electron chi connectivity index (χ0n) is 13.1. The molecule has 1 atom stereocenters. The zero-order valence-corrected chi connectivity index (χ0v) is 13.1. The van der Waals surface area contributed by atoms with Gasteiger partial charge in [0.15, 0.2) is 11.5 Å². The molecule has 0 saturated carbocycles. The Balaban J connectivity index is 1.79. The minimum atomic E-state index is -0.517. The number of benzene rings is 1. The van der Waals surface area contributed by atoms with Crippen molar-refractivity contribution in [3.63, 3.8) is 0 Å². The molecule has 0 radical (unpaired) electrons. The molecular weight excluding hydrogens is 280 g/mol. The maximum absolute atomic E-state index is 12.8. The van der Waals surface area contributed by atoms with Gasteiger partial charge in [-0.1, -0.05) is 12.6 Å². The number of carbonyl (C=O) groups excluding carboxylic acids is 1. The van der Waals surface area contributed by atoms with Crippen molar-refractivity contribution in [1.29, 1.82) is 0 Å². The largest absolute Gasteiger partial charge is 0.493 e. The van der Waals surface area contributed by atoms with Crippen molar-refractivity contribution in [2.24, 2.45) is 0 Å². The van der Waals surface area contributed by atoms with Gasteiger partial charge in [-0.3, -0.25) is 10.1 Å². The molecule has 1 N–H and O–H groups in total. The van der Waals surface area contributed by atoms with E-state index in [2.05, 4.69) is 11.9 Å². The average molecular weight is 302 g/mol. The number of likely N-dealkylation sites (tertiary alicyclic amines) is 1. The zero-order chi connectivity index (χ0) is 15.7. The lowest BCUT2D eigenvalue weighted by molar-refractivity contribution is -0.132. The Morgan fingerprint density at radius 3 is 2.73 bits per heavy atom. The fourth-order valence-corrected chi connectivity index (χ4v) is 3.41. The third-order valence-electron chi connectivity index (χ3n) is 4.61. The number of carbonyl (C=O) groups is 1. The summed E-state index contributed by atoms with van der Waals surface area (Å²) in [5.41, 5.74) is 1.49. The van der Waals surface area contributed by atoms with Crippen molar-refractivity contribution in [3.05, 3.63) is 35.9 Å². The summed E-state index contributed by atoms with van der Waals surface area (Å²) in [5, 5.41) is 3.35. The second-order valence-electron chi connectivity index (χ2n) is 5.89. The molecule has 1 unspecified atom stereocenters. The van der Waals surface area contributed by atoms with Crippen LogP contribution < -0.4 is 14.8 Å². The number of hydrogen-bond donors (Lipinski definition) is 1. The summed E-state index contributed by atoms with van der Waals surface area (Å²) in [6.45, 7) is 6.18. The normalized spacial score (nSPS) is 24.4. The van der Waals surface area contributed by atoms with Crippen LogP contribution in [0.25, 0.3) is 0 Å². The van der Waals surface area contributed by atoms with E-state index in [4.69, 9.17) is 9.47 Å². The summed E-state index contributed by atoms with van der Waals surface area (Å²) < 4.78 is 10.6. The third-order valence-corrected chi connectivity index (χ3v) is 4.61. The molecule has 1 aromatic carbocycles. The van der Waals surface area contributed by atoms with Crippen molar-refractivity contribution >= 4 is 5.91 Å². The number of amides is 1. The molecule has 1 aromatic rings. The van der Waals surface area contributed by atoms with Crippen molar-refractivity contribution in [3.8, 4) is 11.5 Å². The van der Waals surface area contributed by atoms with Gasteiger partial charge >= 0.3 is 0 Å². The molecule has 2 heterocycles. The summed E-state index contributed by atoms with van der Waals surface area (Å²) in [5.74, 6) is 1.52. The Hall–Kier alpha value is -2.01. The Morgan fingerprint density at radius 2 is 2.09 bits per heavy atom. The van der Waals surface area contributed by atoms with Crippen molar-refractivity contribution in [2.75, 3.05) is 27.3 Å². The summed E-state index contributed by atoms with van der Waals surface area (Å²) in [6.07, 6.45) is 1.88. The SMILES string of the molecule is C=C1CN(Cc2ccc(OC)c(OC)c2)C(=O)C12CCCN2. The molecule has 0 bridgehead atoms. The highest BCUT2D eigenvalue weighted by molar-refractivity contribution is 5.93. The van der Waals surface area contributed by atoms with Crippen LogP contribution in [0.1, 0.15) is 18.4 Å². The van der Waals surface area contributed by atoms with Crippen LogP contribution in [0, 0.1) is 0 Å². The van der Waals surface area contributed by atoms with E-state index in [1.54, 1.807) is 14.2 Å². The van der Waals surface area contributed by atoms with Crippen LogP contribution >= 0.6 is 0 Å². The molecule has 118 valence electrons. The van der Waals surface area contributed by atoms with Gasteiger partial charge in [0.1, 0.15) is 5.54 Å². The molecule has 3 rings (SSSR count). The lowest BCUT2D eigenvalue weighted by Crippen LogP contribution is -2.48. The summed E-state index contributed by atoms with van der Waals surface area (Å²) in [6, 6.07) is 5.75. The smallest absolute Gasteiger partial charge is 0.247 e. The fraction of sp³-hybridized carbons (Fsp3) is 0.471. The lowest BCUT2D eigenvalue weighted by Gasteiger charge is -2.23. The second kappa shape index (κ2) is 5.65. The van der Waals surface area contributed by atoms with Crippen molar-refractivity contribution < 1.29 is 14.3 Å². The van der Waals surface area contributed by atoms with Crippen molar-refractivity contribution in [1.82, 2.24) is 10.2 Å². The van der Waals surface area contributed by atoms with Crippen LogP contribution in [0.4, 0.5) is 0 Å². The Labute approximate surface area is 130 Å².